The molecule has 2 aromatic heterocycles. The van der Waals surface area contributed by atoms with Gasteiger partial charge < -0.3 is 10.1 Å². The van der Waals surface area contributed by atoms with Crippen molar-refractivity contribution in [2.45, 2.75) is 20.0 Å². The summed E-state index contributed by atoms with van der Waals surface area (Å²) in [6.45, 7) is 4.01. The summed E-state index contributed by atoms with van der Waals surface area (Å²) in [4.78, 5) is 8.50. The van der Waals surface area contributed by atoms with Gasteiger partial charge in [0.1, 0.15) is 17.9 Å². The van der Waals surface area contributed by atoms with Gasteiger partial charge in [-0.15, -0.1) is 0 Å². The summed E-state index contributed by atoms with van der Waals surface area (Å²) in [7, 11) is 1.86. The van der Waals surface area contributed by atoms with Crippen LogP contribution in [0.4, 0.5) is 11.5 Å². The number of hydrogen-bond donors (Lipinski definition) is 1. The van der Waals surface area contributed by atoms with E-state index in [1.165, 1.54) is 6.33 Å². The molecule has 0 aliphatic heterocycles. The van der Waals surface area contributed by atoms with Crippen LogP contribution in [0, 0.1) is 0 Å². The Morgan fingerprint density at radius 3 is 2.62 bits per heavy atom. The molecule has 3 aromatic rings. The van der Waals surface area contributed by atoms with E-state index in [1.807, 2.05) is 45.2 Å². The standard InChI is InChI=1S/C15H17N5O/c1-10(2)21-12-6-4-11(5-7-12)19-14-13-8-18-20(3)15(13)17-9-16-14/h4-10H,1-3H3,(H,16,17,19). The SMILES string of the molecule is CC(C)Oc1ccc(Nc2ncnc3c2cnn3C)cc1. The highest BCUT2D eigenvalue weighted by molar-refractivity contribution is 5.88. The maximum atomic E-state index is 5.63. The number of aromatic nitrogens is 4. The van der Waals surface area contributed by atoms with Crippen LogP contribution < -0.4 is 10.1 Å². The number of nitrogens with zero attached hydrogens (tertiary/aromatic N) is 4. The summed E-state index contributed by atoms with van der Waals surface area (Å²) in [6, 6.07) is 7.79. The molecule has 0 radical (unpaired) electrons. The molecule has 0 amide bonds. The first-order chi connectivity index (χ1) is 10.1. The summed E-state index contributed by atoms with van der Waals surface area (Å²) in [5, 5.41) is 8.37. The Hall–Kier alpha value is -2.63. The topological polar surface area (TPSA) is 64.9 Å². The summed E-state index contributed by atoms with van der Waals surface area (Å²) in [6.07, 6.45) is 3.46. The molecule has 21 heavy (non-hydrogen) atoms. The van der Waals surface area contributed by atoms with Crippen molar-refractivity contribution in [3.63, 3.8) is 0 Å². The Kier molecular flexibility index (Phi) is 3.43. The fourth-order valence-electron chi connectivity index (χ4n) is 2.09. The lowest BCUT2D eigenvalue weighted by molar-refractivity contribution is 0.242. The number of hydrogen-bond acceptors (Lipinski definition) is 5. The highest BCUT2D eigenvalue weighted by Gasteiger charge is 2.08. The highest BCUT2D eigenvalue weighted by Crippen LogP contribution is 2.24. The minimum absolute atomic E-state index is 0.167. The second kappa shape index (κ2) is 5.40. The summed E-state index contributed by atoms with van der Waals surface area (Å²) >= 11 is 0. The Morgan fingerprint density at radius 2 is 1.90 bits per heavy atom. The lowest BCUT2D eigenvalue weighted by atomic mass is 10.3. The van der Waals surface area contributed by atoms with Gasteiger partial charge in [-0.25, -0.2) is 9.97 Å². The summed E-state index contributed by atoms with van der Waals surface area (Å²) in [5.41, 5.74) is 1.74. The van der Waals surface area contributed by atoms with Gasteiger partial charge in [-0.1, -0.05) is 0 Å². The van der Waals surface area contributed by atoms with E-state index in [2.05, 4.69) is 20.4 Å². The molecule has 6 heteroatoms. The monoisotopic (exact) mass is 283 g/mol. The molecule has 0 atom stereocenters. The van der Waals surface area contributed by atoms with Crippen LogP contribution in [0.3, 0.4) is 0 Å². The van der Waals surface area contributed by atoms with Crippen LogP contribution in [-0.4, -0.2) is 25.9 Å². The molecule has 108 valence electrons. The first kappa shape index (κ1) is 13.4. The van der Waals surface area contributed by atoms with Gasteiger partial charge in [0.05, 0.1) is 17.7 Å². The number of fused-ring (bicyclic) bond motifs is 1. The first-order valence-corrected chi connectivity index (χ1v) is 6.80. The molecular weight excluding hydrogens is 266 g/mol. The maximum absolute atomic E-state index is 5.63. The second-order valence-corrected chi connectivity index (χ2v) is 5.04. The average molecular weight is 283 g/mol. The Labute approximate surface area is 122 Å². The van der Waals surface area contributed by atoms with Gasteiger partial charge in [-0.3, -0.25) is 4.68 Å². The molecule has 0 unspecified atom stereocenters. The Balaban J connectivity index is 1.85. The van der Waals surface area contributed by atoms with E-state index < -0.39 is 0 Å². The van der Waals surface area contributed by atoms with Crippen LogP contribution in [0.15, 0.2) is 36.8 Å². The van der Waals surface area contributed by atoms with Crippen molar-refractivity contribution in [3.05, 3.63) is 36.8 Å². The average Bonchev–Trinajstić information content (AvgIpc) is 2.83. The quantitative estimate of drug-likeness (QED) is 0.797. The van der Waals surface area contributed by atoms with Crippen LogP contribution in [0.2, 0.25) is 0 Å². The Morgan fingerprint density at radius 1 is 1.14 bits per heavy atom. The van der Waals surface area contributed by atoms with E-state index in [4.69, 9.17) is 4.74 Å². The highest BCUT2D eigenvalue weighted by atomic mass is 16.5. The molecule has 2 heterocycles. The number of rotatable bonds is 4. The smallest absolute Gasteiger partial charge is 0.163 e. The molecule has 1 N–H and O–H groups in total. The fraction of sp³-hybridized carbons (Fsp3) is 0.267. The first-order valence-electron chi connectivity index (χ1n) is 6.80. The van der Waals surface area contributed by atoms with Crippen molar-refractivity contribution < 1.29 is 4.74 Å². The van der Waals surface area contributed by atoms with Crippen molar-refractivity contribution in [1.29, 1.82) is 0 Å². The molecule has 0 saturated heterocycles. The Bertz CT molecular complexity index is 748. The second-order valence-electron chi connectivity index (χ2n) is 5.04. The van der Waals surface area contributed by atoms with Gasteiger partial charge in [0, 0.05) is 12.7 Å². The third kappa shape index (κ3) is 2.79. The third-order valence-corrected chi connectivity index (χ3v) is 3.02. The molecule has 6 nitrogen and oxygen atoms in total. The predicted octanol–water partition coefficient (Wildman–Crippen LogP) is 2.89. The van der Waals surface area contributed by atoms with Gasteiger partial charge in [-0.2, -0.15) is 5.10 Å². The number of aryl methyl sites for hydroxylation is 1. The van der Waals surface area contributed by atoms with Crippen LogP contribution in [0.1, 0.15) is 13.8 Å². The van der Waals surface area contributed by atoms with Gasteiger partial charge in [0.25, 0.3) is 0 Å². The van der Waals surface area contributed by atoms with Crippen LogP contribution in [0.5, 0.6) is 5.75 Å². The predicted molar refractivity (Wildman–Crippen MR) is 81.8 cm³/mol. The normalized spacial score (nSPS) is 11.0. The lowest BCUT2D eigenvalue weighted by Gasteiger charge is -2.11. The number of ether oxygens (including phenoxy) is 1. The molecule has 3 rings (SSSR count). The summed E-state index contributed by atoms with van der Waals surface area (Å²) in [5.74, 6) is 1.59. The van der Waals surface area contributed by atoms with Crippen LogP contribution >= 0.6 is 0 Å². The molecule has 0 fully saturated rings. The molecular formula is C15H17N5O. The zero-order chi connectivity index (χ0) is 14.8. The zero-order valence-electron chi connectivity index (χ0n) is 12.2. The van der Waals surface area contributed by atoms with E-state index in [0.717, 1.165) is 28.3 Å². The van der Waals surface area contributed by atoms with Gasteiger partial charge in [0.2, 0.25) is 0 Å². The van der Waals surface area contributed by atoms with Crippen molar-refractivity contribution >= 4 is 22.5 Å². The minimum Gasteiger partial charge on any atom is -0.491 e. The van der Waals surface area contributed by atoms with E-state index in [0.29, 0.717) is 0 Å². The molecule has 0 saturated carbocycles. The van der Waals surface area contributed by atoms with Crippen molar-refractivity contribution in [1.82, 2.24) is 19.7 Å². The number of benzene rings is 1. The van der Waals surface area contributed by atoms with Gasteiger partial charge in [-0.05, 0) is 38.1 Å². The van der Waals surface area contributed by atoms with E-state index in [1.54, 1.807) is 10.9 Å². The zero-order valence-corrected chi connectivity index (χ0v) is 12.2. The largest absolute Gasteiger partial charge is 0.491 e. The number of nitrogens with one attached hydrogen (secondary N) is 1. The molecule has 0 spiro atoms. The van der Waals surface area contributed by atoms with Crippen LogP contribution in [-0.2, 0) is 7.05 Å². The van der Waals surface area contributed by atoms with Crippen LogP contribution in [0.25, 0.3) is 11.0 Å². The maximum Gasteiger partial charge on any atom is 0.163 e. The minimum atomic E-state index is 0.167. The van der Waals surface area contributed by atoms with E-state index in [9.17, 15) is 0 Å². The third-order valence-electron chi connectivity index (χ3n) is 3.02. The molecule has 0 aliphatic rings. The van der Waals surface area contributed by atoms with E-state index >= 15 is 0 Å². The lowest BCUT2D eigenvalue weighted by Crippen LogP contribution is -2.05. The van der Waals surface area contributed by atoms with Crippen molar-refractivity contribution in [2.75, 3.05) is 5.32 Å². The van der Waals surface area contributed by atoms with Gasteiger partial charge >= 0.3 is 0 Å². The molecule has 0 bridgehead atoms. The summed E-state index contributed by atoms with van der Waals surface area (Å²) < 4.78 is 7.35. The van der Waals surface area contributed by atoms with Crippen molar-refractivity contribution in [2.24, 2.45) is 7.05 Å². The fourth-order valence-corrected chi connectivity index (χ4v) is 2.09. The van der Waals surface area contributed by atoms with Gasteiger partial charge in [0.15, 0.2) is 5.65 Å². The van der Waals surface area contributed by atoms with Crippen molar-refractivity contribution in [3.8, 4) is 5.75 Å². The number of anilines is 2. The molecule has 0 aliphatic carbocycles. The van der Waals surface area contributed by atoms with E-state index in [-0.39, 0.29) is 6.10 Å². The molecule has 1 aromatic carbocycles.